The van der Waals surface area contributed by atoms with Crippen LogP contribution < -0.4 is 21.3 Å². The van der Waals surface area contributed by atoms with E-state index in [-0.39, 0.29) is 121 Å². The molecule has 6 N–H and O–H groups in total. The van der Waals surface area contributed by atoms with E-state index in [1.807, 2.05) is 9.97 Å². The smallest absolute Gasteiger partial charge is 0.354 e. The number of fused-ring (bicyclic) bond motifs is 8. The highest BCUT2D eigenvalue weighted by molar-refractivity contribution is 6.10. The standard InChI is InChI=1S/C76H30F60N8O4/c77-49(78,53(85,86)57(93,94)61(101,102)65(109,110)69(117,118)73(125,126)127)45(145)141-29-13-5-1-9-25(29)41-33-17-19-35(137-33)42(26-10-2-6-14-30(26)142-46(146)50(79,80)54(87,88)58(95,96)62(103,104)66(111,112)70(119,120)74(128,129)130)37-21-23-39(139-37)44(28-12-4-8-16-32(28)144-48(148)52(83,84)56(91,92)60(99,100)64(107,108)68(115,116)72(123,124)76(134,135)136)40-24-22-38(140-40)43(36-20-18-34(41)138-36)27-11-3-7-15-31(27)143-47(147)51(81,82)55(89,90)59(97,98)63(105,106)67(113,114)71(121,122)75(131,132)133/h1-24,137,140H,(H,141,145)(H,142,146)(H,143,147)(H,144,148). The van der Waals surface area contributed by atoms with Gasteiger partial charge in [-0.1, -0.05) is 72.8 Å². The number of H-pyrrole nitrogens is 2. The number of para-hydroxylation sites is 4. The average molecular weight is 2260 g/mol. The van der Waals surface area contributed by atoms with Gasteiger partial charge < -0.3 is 31.2 Å². The predicted octanol–water partition coefficient (Wildman–Crippen LogP) is 28.6. The minimum atomic E-state index is -9.21. The summed E-state index contributed by atoms with van der Waals surface area (Å²) in [4.78, 5) is 66.0. The van der Waals surface area contributed by atoms with Crippen molar-refractivity contribution < 1.29 is 283 Å². The molecule has 0 fully saturated rings. The Bertz CT molecular complexity index is 5820. The third-order valence-electron chi connectivity index (χ3n) is 21.0. The highest BCUT2D eigenvalue weighted by Gasteiger charge is 2.99. The van der Waals surface area contributed by atoms with Crippen molar-refractivity contribution >= 4 is 92.7 Å². The molecule has 7 aromatic rings. The van der Waals surface area contributed by atoms with Gasteiger partial charge in [0.25, 0.3) is 0 Å². The number of aromatic nitrogens is 4. The van der Waals surface area contributed by atoms with Gasteiger partial charge in [0.1, 0.15) is 0 Å². The molecule has 5 heterocycles. The second-order valence-electron chi connectivity index (χ2n) is 30.3. The first-order chi connectivity index (χ1) is 65.9. The molecule has 4 aromatic carbocycles. The normalized spacial score (nSPS) is 15.2. The Morgan fingerprint density at radius 1 is 0.176 bits per heavy atom. The Morgan fingerprint density at radius 3 is 0.446 bits per heavy atom. The number of hydrogen-bond acceptors (Lipinski definition) is 6. The molecule has 0 aliphatic carbocycles. The summed E-state index contributed by atoms with van der Waals surface area (Å²) in [5.41, 5.74) is -32.3. The van der Waals surface area contributed by atoms with Gasteiger partial charge in [0.05, 0.1) is 22.8 Å². The molecular formula is C76H30F60N8O4. The number of anilines is 4. The molecule has 12 nitrogen and oxygen atoms in total. The van der Waals surface area contributed by atoms with Gasteiger partial charge in [-0.2, -0.15) is 263 Å². The van der Waals surface area contributed by atoms with Crippen molar-refractivity contribution in [1.29, 1.82) is 0 Å². The lowest BCUT2D eigenvalue weighted by Gasteiger charge is -2.41. The molecular weight excluding hydrogens is 2230 g/mol. The molecule has 0 spiro atoms. The van der Waals surface area contributed by atoms with Crippen LogP contribution >= 0.6 is 0 Å². The lowest BCUT2D eigenvalue weighted by Crippen LogP contribution is -2.73. The fourth-order valence-corrected chi connectivity index (χ4v) is 12.8. The van der Waals surface area contributed by atoms with E-state index in [0.717, 1.165) is 0 Å². The van der Waals surface area contributed by atoms with E-state index in [0.29, 0.717) is 45.5 Å². The zero-order chi connectivity index (χ0) is 114. The Hall–Kier alpha value is -12.8. The summed E-state index contributed by atoms with van der Waals surface area (Å²) >= 11 is 0. The molecule has 3 aromatic heterocycles. The molecule has 9 rings (SSSR count). The van der Waals surface area contributed by atoms with Gasteiger partial charge in [0, 0.05) is 89.3 Å². The van der Waals surface area contributed by atoms with Gasteiger partial charge in [0.15, 0.2) is 0 Å². The maximum Gasteiger partial charge on any atom is 0.460 e. The van der Waals surface area contributed by atoms with Crippen molar-refractivity contribution in [2.24, 2.45) is 0 Å². The molecule has 0 atom stereocenters. The summed E-state index contributed by atoms with van der Waals surface area (Å²) < 4.78 is 875. The number of benzene rings is 4. The van der Waals surface area contributed by atoms with Gasteiger partial charge in [-0.15, -0.1) is 0 Å². The number of aromatic amines is 2. The SMILES string of the molecule is O=C(Nc1ccccc1-c1c2nc(c(-c3ccccc3NC(=O)C(F)(F)C(F)(F)C(F)(F)C(F)(F)C(F)(F)C(F)(F)C(F)(F)F)c3ccc([nH]3)c(-c3ccccc3NC(=O)C(F)(F)C(F)(F)C(F)(F)C(F)(F)C(F)(F)C(F)(F)C(F)(F)F)c3nc(c(-c4ccccc4NC(=O)C(F)(F)C(F)(F)C(F)(F)C(F)(F)C(F)(F)C(F)(F)C(F)(F)F)c4ccc1[nH]4)C=C3)C=C2)C(F)(F)C(F)(F)C(F)(F)C(F)(F)C(F)(F)C(F)(F)C(F)(F)F. The van der Waals surface area contributed by atoms with Gasteiger partial charge in [0.2, 0.25) is 0 Å². The molecule has 72 heteroatoms. The number of nitrogens with zero attached hydrogens (tertiary/aromatic N) is 2. The van der Waals surface area contributed by atoms with Crippen molar-refractivity contribution in [3.05, 3.63) is 144 Å². The third-order valence-corrected chi connectivity index (χ3v) is 21.0. The lowest BCUT2D eigenvalue weighted by molar-refractivity contribution is -0.449. The van der Waals surface area contributed by atoms with E-state index >= 15 is 105 Å². The van der Waals surface area contributed by atoms with Crippen LogP contribution in [0.15, 0.2) is 121 Å². The van der Waals surface area contributed by atoms with Crippen LogP contribution in [-0.2, 0) is 19.2 Å². The molecule has 0 saturated carbocycles. The summed E-state index contributed by atoms with van der Waals surface area (Å²) in [6, 6.07) is 3.60. The number of carbonyl (C=O) groups is 4. The Morgan fingerprint density at radius 2 is 0.304 bits per heavy atom. The van der Waals surface area contributed by atoms with E-state index in [1.54, 1.807) is 0 Å². The molecule has 0 radical (unpaired) electrons. The second-order valence-corrected chi connectivity index (χ2v) is 30.3. The molecule has 148 heavy (non-hydrogen) atoms. The predicted molar refractivity (Wildman–Crippen MR) is 378 cm³/mol. The molecule has 2 aliphatic heterocycles. The van der Waals surface area contributed by atoms with Crippen LogP contribution in [0, 0.1) is 0 Å². The van der Waals surface area contributed by atoms with Gasteiger partial charge in [-0.3, -0.25) is 19.2 Å². The monoisotopic (exact) mass is 2260 g/mol. The van der Waals surface area contributed by atoms with Crippen LogP contribution in [0.2, 0.25) is 0 Å². The summed E-state index contributed by atoms with van der Waals surface area (Å²) in [6.07, 6.45) is -32.4. The number of halogens is 60. The topological polar surface area (TPSA) is 174 Å². The highest BCUT2D eigenvalue weighted by atomic mass is 19.5. The van der Waals surface area contributed by atoms with E-state index in [4.69, 9.17) is 0 Å². The van der Waals surface area contributed by atoms with Crippen LogP contribution in [0.4, 0.5) is 286 Å². The number of hydrogen-bond donors (Lipinski definition) is 6. The fraction of sp³-hybridized carbons (Fsp3) is 0.368. The molecule has 0 unspecified atom stereocenters. The maximum absolute atomic E-state index is 16.0. The van der Waals surface area contributed by atoms with E-state index in [9.17, 15) is 177 Å². The lowest BCUT2D eigenvalue weighted by atomic mass is 9.90. The van der Waals surface area contributed by atoms with Crippen molar-refractivity contribution in [3.8, 4) is 44.5 Å². The van der Waals surface area contributed by atoms with Crippen molar-refractivity contribution in [1.82, 2.24) is 19.9 Å². The van der Waals surface area contributed by atoms with Crippen LogP contribution in [0.25, 0.3) is 90.9 Å². The Balaban J connectivity index is 1.45. The minimum absolute atomic E-state index is 0.0893. The number of nitrogens with one attached hydrogen (secondary N) is 6. The number of amides is 4. The summed E-state index contributed by atoms with van der Waals surface area (Å²) in [5, 5.41) is 2.01. The fourth-order valence-electron chi connectivity index (χ4n) is 12.8. The number of alkyl halides is 60. The van der Waals surface area contributed by atoms with Gasteiger partial charge in [-0.05, 0) is 72.8 Å². The van der Waals surface area contributed by atoms with Crippen LogP contribution in [-0.4, -0.2) is 210 Å². The second kappa shape index (κ2) is 35.4. The zero-order valence-corrected chi connectivity index (χ0v) is 68.1. The summed E-state index contributed by atoms with van der Waals surface area (Å²) in [7, 11) is 0. The van der Waals surface area contributed by atoms with E-state index in [1.165, 1.54) is 0 Å². The average Bonchev–Trinajstić information content (AvgIpc) is 0.732. The molecule has 2 aliphatic rings. The molecule has 4 amide bonds. The summed E-state index contributed by atoms with van der Waals surface area (Å²) in [6.45, 7) is 0. The van der Waals surface area contributed by atoms with Gasteiger partial charge in [-0.25, -0.2) is 9.97 Å². The van der Waals surface area contributed by atoms with E-state index in [2.05, 4.69) is 9.97 Å². The number of carbonyl (C=O) groups excluding carboxylic acids is 4. The van der Waals surface area contributed by atoms with Gasteiger partial charge >= 0.3 is 190 Å². The first-order valence-corrected chi connectivity index (χ1v) is 37.0. The quantitative estimate of drug-likeness (QED) is 0.0229. The van der Waals surface area contributed by atoms with Crippen LogP contribution in [0.3, 0.4) is 0 Å². The highest BCUT2D eigenvalue weighted by Crippen LogP contribution is 2.69. The molecule has 8 bridgehead atoms. The largest absolute Gasteiger partial charge is 0.460 e. The van der Waals surface area contributed by atoms with E-state index < -0.39 is 303 Å². The zero-order valence-electron chi connectivity index (χ0n) is 68.1. The maximum atomic E-state index is 16.0. The van der Waals surface area contributed by atoms with Crippen molar-refractivity contribution in [3.63, 3.8) is 0 Å². The first-order valence-electron chi connectivity index (χ1n) is 37.0. The van der Waals surface area contributed by atoms with Crippen LogP contribution in [0.5, 0.6) is 0 Å². The van der Waals surface area contributed by atoms with Crippen LogP contribution in [0.1, 0.15) is 22.8 Å². The Kier molecular flexibility index (Phi) is 28.4. The Labute approximate surface area is 770 Å². The first kappa shape index (κ1) is 119. The molecule has 0 saturated heterocycles. The van der Waals surface area contributed by atoms with Crippen molar-refractivity contribution in [2.75, 3.05) is 21.3 Å². The third kappa shape index (κ3) is 16.9. The van der Waals surface area contributed by atoms with Crippen molar-refractivity contribution in [2.45, 2.75) is 167 Å². The summed E-state index contributed by atoms with van der Waals surface area (Å²) in [5.74, 6) is -230. The number of rotatable bonds is 32. The molecule has 818 valence electrons. The minimum Gasteiger partial charge on any atom is -0.354 e.